The van der Waals surface area contributed by atoms with Crippen molar-refractivity contribution in [2.24, 2.45) is 5.73 Å². The van der Waals surface area contributed by atoms with Gasteiger partial charge >= 0.3 is 0 Å². The second-order valence-corrected chi connectivity index (χ2v) is 4.63. The third-order valence-corrected chi connectivity index (χ3v) is 4.07. The van der Waals surface area contributed by atoms with Gasteiger partial charge in [-0.3, -0.25) is 4.90 Å². The van der Waals surface area contributed by atoms with Gasteiger partial charge in [0.1, 0.15) is 0 Å². The molecular formula is C11H24N2O. The molecule has 2 unspecified atom stereocenters. The topological polar surface area (TPSA) is 38.5 Å². The van der Waals surface area contributed by atoms with E-state index < -0.39 is 0 Å². The molecule has 1 fully saturated rings. The minimum absolute atomic E-state index is 0.0279. The first-order valence-corrected chi connectivity index (χ1v) is 5.52. The fourth-order valence-corrected chi connectivity index (χ4v) is 2.04. The highest BCUT2D eigenvalue weighted by Crippen LogP contribution is 2.31. The first-order valence-electron chi connectivity index (χ1n) is 5.52. The fourth-order valence-electron chi connectivity index (χ4n) is 2.04. The zero-order valence-corrected chi connectivity index (χ0v) is 9.92. The lowest BCUT2D eigenvalue weighted by atomic mass is 9.85. The smallest absolute Gasteiger partial charge is 0.0736 e. The van der Waals surface area contributed by atoms with Crippen LogP contribution in [-0.4, -0.2) is 43.3 Å². The van der Waals surface area contributed by atoms with Crippen LogP contribution in [-0.2, 0) is 4.74 Å². The van der Waals surface area contributed by atoms with E-state index in [9.17, 15) is 0 Å². The summed E-state index contributed by atoms with van der Waals surface area (Å²) in [5, 5.41) is 0. The maximum atomic E-state index is 5.88. The molecule has 0 aromatic heterocycles. The molecule has 2 atom stereocenters. The van der Waals surface area contributed by atoms with Gasteiger partial charge in [-0.25, -0.2) is 0 Å². The van der Waals surface area contributed by atoms with Gasteiger partial charge in [-0.05, 0) is 33.7 Å². The summed E-state index contributed by atoms with van der Waals surface area (Å²) in [6.07, 6.45) is 4.15. The van der Waals surface area contributed by atoms with Crippen LogP contribution in [0, 0.1) is 0 Å². The van der Waals surface area contributed by atoms with Crippen molar-refractivity contribution in [3.63, 3.8) is 0 Å². The minimum Gasteiger partial charge on any atom is -0.380 e. The zero-order chi connectivity index (χ0) is 10.8. The molecule has 0 aromatic rings. The average Bonchev–Trinajstić information content (AvgIpc) is 2.12. The van der Waals surface area contributed by atoms with E-state index in [2.05, 4.69) is 25.8 Å². The third-order valence-electron chi connectivity index (χ3n) is 4.07. The van der Waals surface area contributed by atoms with E-state index in [1.807, 2.05) is 0 Å². The molecule has 0 aliphatic heterocycles. The molecule has 14 heavy (non-hydrogen) atoms. The average molecular weight is 200 g/mol. The molecule has 0 radical (unpaired) electrons. The van der Waals surface area contributed by atoms with Crippen molar-refractivity contribution in [3.8, 4) is 0 Å². The van der Waals surface area contributed by atoms with Crippen LogP contribution < -0.4 is 5.73 Å². The van der Waals surface area contributed by atoms with E-state index in [1.165, 1.54) is 19.3 Å². The summed E-state index contributed by atoms with van der Waals surface area (Å²) in [7, 11) is 3.93. The van der Waals surface area contributed by atoms with Crippen LogP contribution in [0.1, 0.15) is 33.1 Å². The van der Waals surface area contributed by atoms with Gasteiger partial charge in [0, 0.05) is 19.7 Å². The highest BCUT2D eigenvalue weighted by molar-refractivity contribution is 4.96. The van der Waals surface area contributed by atoms with Crippen LogP contribution in [0.3, 0.4) is 0 Å². The van der Waals surface area contributed by atoms with E-state index in [-0.39, 0.29) is 11.6 Å². The summed E-state index contributed by atoms with van der Waals surface area (Å²) in [6.45, 7) is 4.94. The number of rotatable bonds is 5. The molecule has 1 rings (SSSR count). The lowest BCUT2D eigenvalue weighted by Crippen LogP contribution is -2.61. The van der Waals surface area contributed by atoms with Gasteiger partial charge in [0.05, 0.1) is 11.6 Å². The Balaban J connectivity index is 2.65. The first-order chi connectivity index (χ1) is 6.56. The number of nitrogens with zero attached hydrogens (tertiary/aromatic N) is 1. The second-order valence-electron chi connectivity index (χ2n) is 4.63. The van der Waals surface area contributed by atoms with Crippen LogP contribution in [0.15, 0.2) is 0 Å². The van der Waals surface area contributed by atoms with Gasteiger partial charge in [0.25, 0.3) is 0 Å². The number of nitrogens with two attached hydrogens (primary N) is 1. The van der Waals surface area contributed by atoms with Crippen molar-refractivity contribution in [2.75, 3.05) is 20.7 Å². The molecule has 84 valence electrons. The van der Waals surface area contributed by atoms with Gasteiger partial charge in [-0.2, -0.15) is 0 Å². The molecule has 0 spiro atoms. The number of likely N-dealkylation sites (N-methyl/N-ethyl adjacent to an activating group) is 1. The molecular weight excluding hydrogens is 176 g/mol. The maximum Gasteiger partial charge on any atom is 0.0736 e. The summed E-state index contributed by atoms with van der Waals surface area (Å²) in [5.41, 5.74) is 5.85. The SMILES string of the molecule is COC(C)C(C)(CN)N(C)C1CCC1. The van der Waals surface area contributed by atoms with E-state index in [4.69, 9.17) is 10.5 Å². The van der Waals surface area contributed by atoms with Crippen molar-refractivity contribution < 1.29 is 4.74 Å². The van der Waals surface area contributed by atoms with Gasteiger partial charge in [0.15, 0.2) is 0 Å². The number of methoxy groups -OCH3 is 1. The zero-order valence-electron chi connectivity index (χ0n) is 9.92. The Morgan fingerprint density at radius 2 is 2.14 bits per heavy atom. The molecule has 0 saturated heterocycles. The Morgan fingerprint density at radius 1 is 1.57 bits per heavy atom. The Labute approximate surface area is 87.6 Å². The van der Waals surface area contributed by atoms with Crippen molar-refractivity contribution in [1.29, 1.82) is 0 Å². The number of ether oxygens (including phenoxy) is 1. The third kappa shape index (κ3) is 1.95. The predicted octanol–water partition coefficient (Wildman–Crippen LogP) is 1.22. The molecule has 3 heteroatoms. The molecule has 0 heterocycles. The Hall–Kier alpha value is -0.120. The fraction of sp³-hybridized carbons (Fsp3) is 1.00. The standard InChI is InChI=1S/C11H24N2O/c1-9(14-4)11(2,8-12)13(3)10-6-5-7-10/h9-10H,5-8,12H2,1-4H3. The normalized spacial score (nSPS) is 24.4. The van der Waals surface area contributed by atoms with Gasteiger partial charge < -0.3 is 10.5 Å². The van der Waals surface area contributed by atoms with E-state index in [0.717, 1.165) is 0 Å². The van der Waals surface area contributed by atoms with E-state index in [0.29, 0.717) is 12.6 Å². The van der Waals surface area contributed by atoms with Gasteiger partial charge in [-0.15, -0.1) is 0 Å². The van der Waals surface area contributed by atoms with E-state index in [1.54, 1.807) is 7.11 Å². The summed E-state index contributed by atoms with van der Waals surface area (Å²) in [5.74, 6) is 0. The predicted molar refractivity (Wildman–Crippen MR) is 59.3 cm³/mol. The largest absolute Gasteiger partial charge is 0.380 e. The van der Waals surface area contributed by atoms with Crippen molar-refractivity contribution in [3.05, 3.63) is 0 Å². The van der Waals surface area contributed by atoms with Gasteiger partial charge in [-0.1, -0.05) is 6.42 Å². The number of hydrogen-bond donors (Lipinski definition) is 1. The van der Waals surface area contributed by atoms with E-state index >= 15 is 0 Å². The second kappa shape index (κ2) is 4.60. The lowest BCUT2D eigenvalue weighted by molar-refractivity contribution is -0.0517. The molecule has 3 nitrogen and oxygen atoms in total. The van der Waals surface area contributed by atoms with Crippen LogP contribution >= 0.6 is 0 Å². The molecule has 1 aliphatic carbocycles. The number of hydrogen-bond acceptors (Lipinski definition) is 3. The van der Waals surface area contributed by atoms with Crippen LogP contribution in [0.4, 0.5) is 0 Å². The summed E-state index contributed by atoms with van der Waals surface area (Å²) in [6, 6.07) is 0.709. The summed E-state index contributed by atoms with van der Waals surface area (Å²) in [4.78, 5) is 2.41. The van der Waals surface area contributed by atoms with Gasteiger partial charge in [0.2, 0.25) is 0 Å². The Kier molecular flexibility index (Phi) is 3.93. The van der Waals surface area contributed by atoms with Crippen molar-refractivity contribution in [1.82, 2.24) is 4.90 Å². The Bertz CT molecular complexity index is 182. The van der Waals surface area contributed by atoms with Crippen LogP contribution in [0.2, 0.25) is 0 Å². The quantitative estimate of drug-likeness (QED) is 0.725. The molecule has 0 amide bonds. The highest BCUT2D eigenvalue weighted by atomic mass is 16.5. The first kappa shape index (κ1) is 12.0. The molecule has 2 N–H and O–H groups in total. The summed E-state index contributed by atoms with van der Waals surface area (Å²) >= 11 is 0. The summed E-state index contributed by atoms with van der Waals surface area (Å²) < 4.78 is 5.42. The maximum absolute atomic E-state index is 5.88. The molecule has 1 aliphatic rings. The minimum atomic E-state index is -0.0279. The molecule has 0 aromatic carbocycles. The Morgan fingerprint density at radius 3 is 2.43 bits per heavy atom. The molecule has 0 bridgehead atoms. The van der Waals surface area contributed by atoms with Crippen molar-refractivity contribution >= 4 is 0 Å². The highest BCUT2D eigenvalue weighted by Gasteiger charge is 2.39. The van der Waals surface area contributed by atoms with Crippen molar-refractivity contribution in [2.45, 2.75) is 50.8 Å². The van der Waals surface area contributed by atoms with Crippen LogP contribution in [0.5, 0.6) is 0 Å². The van der Waals surface area contributed by atoms with Crippen LogP contribution in [0.25, 0.3) is 0 Å². The monoisotopic (exact) mass is 200 g/mol. The lowest BCUT2D eigenvalue weighted by Gasteiger charge is -2.48. The molecule has 1 saturated carbocycles.